The van der Waals surface area contributed by atoms with Gasteiger partial charge in [0.2, 0.25) is 0 Å². The Morgan fingerprint density at radius 2 is 1.53 bits per heavy atom. The highest BCUT2D eigenvalue weighted by molar-refractivity contribution is 8.00. The Balaban J connectivity index is 1.65. The normalized spacial score (nSPS) is 21.7. The lowest BCUT2D eigenvalue weighted by Crippen LogP contribution is -2.22. The van der Waals surface area contributed by atoms with Crippen LogP contribution in [0.3, 0.4) is 0 Å². The molecule has 0 aliphatic heterocycles. The van der Waals surface area contributed by atoms with E-state index in [1.165, 1.54) is 68.4 Å². The van der Waals surface area contributed by atoms with Crippen LogP contribution in [-0.2, 0) is 0 Å². The second kappa shape index (κ2) is 6.69. The summed E-state index contributed by atoms with van der Waals surface area (Å²) in [5.74, 6) is 0. The molecule has 1 nitrogen and oxygen atoms in total. The molecule has 0 heterocycles. The molecule has 2 aliphatic rings. The zero-order chi connectivity index (χ0) is 12.9. The second-order valence-corrected chi connectivity index (χ2v) is 7.34. The number of para-hydroxylation sites is 1. The Hall–Kier alpha value is -0.630. The molecular formula is C17H25NS. The van der Waals surface area contributed by atoms with E-state index in [9.17, 15) is 0 Å². The van der Waals surface area contributed by atoms with Gasteiger partial charge in [-0.3, -0.25) is 0 Å². The van der Waals surface area contributed by atoms with E-state index in [-0.39, 0.29) is 0 Å². The summed E-state index contributed by atoms with van der Waals surface area (Å²) >= 11 is 2.10. The molecule has 3 rings (SSSR count). The molecule has 2 saturated carbocycles. The van der Waals surface area contributed by atoms with Crippen molar-refractivity contribution in [3.05, 3.63) is 24.3 Å². The molecule has 0 saturated heterocycles. The van der Waals surface area contributed by atoms with Gasteiger partial charge >= 0.3 is 0 Å². The zero-order valence-electron chi connectivity index (χ0n) is 11.7. The molecule has 0 amide bonds. The topological polar surface area (TPSA) is 12.0 Å². The highest BCUT2D eigenvalue weighted by atomic mass is 32.2. The van der Waals surface area contributed by atoms with Crippen molar-refractivity contribution in [2.75, 3.05) is 5.32 Å². The monoisotopic (exact) mass is 275 g/mol. The molecule has 2 aliphatic carbocycles. The first-order chi connectivity index (χ1) is 9.42. The first-order valence-electron chi connectivity index (χ1n) is 7.94. The van der Waals surface area contributed by atoms with Crippen molar-refractivity contribution >= 4 is 17.4 Å². The molecule has 0 aromatic heterocycles. The molecule has 1 aromatic rings. The number of benzene rings is 1. The van der Waals surface area contributed by atoms with E-state index in [0.717, 1.165) is 5.25 Å². The van der Waals surface area contributed by atoms with Crippen molar-refractivity contribution in [1.29, 1.82) is 0 Å². The molecule has 1 N–H and O–H groups in total. The first-order valence-corrected chi connectivity index (χ1v) is 8.82. The minimum absolute atomic E-state index is 0.707. The van der Waals surface area contributed by atoms with E-state index < -0.39 is 0 Å². The molecule has 0 spiro atoms. The van der Waals surface area contributed by atoms with Crippen LogP contribution < -0.4 is 5.32 Å². The predicted molar refractivity (Wildman–Crippen MR) is 85.1 cm³/mol. The Kier molecular flexibility index (Phi) is 4.71. The summed E-state index contributed by atoms with van der Waals surface area (Å²) in [7, 11) is 0. The van der Waals surface area contributed by atoms with E-state index in [2.05, 4.69) is 41.3 Å². The Morgan fingerprint density at radius 1 is 0.842 bits per heavy atom. The quantitative estimate of drug-likeness (QED) is 0.782. The molecule has 2 heteroatoms. The summed E-state index contributed by atoms with van der Waals surface area (Å²) in [6.45, 7) is 0. The summed E-state index contributed by atoms with van der Waals surface area (Å²) in [6.07, 6.45) is 12.6. The van der Waals surface area contributed by atoms with Gasteiger partial charge in [-0.2, -0.15) is 0 Å². The van der Waals surface area contributed by atoms with Crippen molar-refractivity contribution in [2.24, 2.45) is 0 Å². The van der Waals surface area contributed by atoms with Gasteiger partial charge in [-0.25, -0.2) is 0 Å². The van der Waals surface area contributed by atoms with Gasteiger partial charge in [-0.15, -0.1) is 11.8 Å². The van der Waals surface area contributed by atoms with E-state index in [1.807, 2.05) is 0 Å². The van der Waals surface area contributed by atoms with Gasteiger partial charge in [0.05, 0.1) is 0 Å². The maximum Gasteiger partial charge on any atom is 0.0480 e. The summed E-state index contributed by atoms with van der Waals surface area (Å²) < 4.78 is 0. The van der Waals surface area contributed by atoms with Crippen LogP contribution >= 0.6 is 11.8 Å². The SMILES string of the molecule is c1ccc(SC2CCCC2)c(NC2CCCCC2)c1. The molecule has 2 fully saturated rings. The number of thioether (sulfide) groups is 1. The summed E-state index contributed by atoms with van der Waals surface area (Å²) in [5.41, 5.74) is 1.38. The summed E-state index contributed by atoms with van der Waals surface area (Å²) in [6, 6.07) is 9.63. The predicted octanol–water partition coefficient (Wildman–Crippen LogP) is 5.47. The first kappa shape index (κ1) is 13.4. The fourth-order valence-electron chi connectivity index (χ4n) is 3.34. The van der Waals surface area contributed by atoms with Crippen molar-refractivity contribution in [2.45, 2.75) is 74.0 Å². The smallest absolute Gasteiger partial charge is 0.0480 e. The molecular weight excluding hydrogens is 250 g/mol. The molecule has 0 bridgehead atoms. The lowest BCUT2D eigenvalue weighted by atomic mass is 9.95. The largest absolute Gasteiger partial charge is 0.381 e. The highest BCUT2D eigenvalue weighted by Gasteiger charge is 2.19. The zero-order valence-corrected chi connectivity index (χ0v) is 12.6. The Labute approximate surface area is 121 Å². The maximum atomic E-state index is 3.80. The van der Waals surface area contributed by atoms with E-state index >= 15 is 0 Å². The minimum atomic E-state index is 0.707. The van der Waals surface area contributed by atoms with Gasteiger partial charge < -0.3 is 5.32 Å². The van der Waals surface area contributed by atoms with E-state index in [4.69, 9.17) is 0 Å². The fourth-order valence-corrected chi connectivity index (χ4v) is 4.68. The van der Waals surface area contributed by atoms with E-state index in [0.29, 0.717) is 6.04 Å². The number of anilines is 1. The molecule has 0 radical (unpaired) electrons. The van der Waals surface area contributed by atoms with Crippen LogP contribution in [0.4, 0.5) is 5.69 Å². The third-order valence-corrected chi connectivity index (χ3v) is 5.86. The lowest BCUT2D eigenvalue weighted by Gasteiger charge is -2.25. The molecule has 19 heavy (non-hydrogen) atoms. The Morgan fingerprint density at radius 3 is 2.32 bits per heavy atom. The van der Waals surface area contributed by atoms with Gasteiger partial charge in [0, 0.05) is 21.9 Å². The highest BCUT2D eigenvalue weighted by Crippen LogP contribution is 2.38. The van der Waals surface area contributed by atoms with Crippen LogP contribution in [0.5, 0.6) is 0 Å². The van der Waals surface area contributed by atoms with Crippen LogP contribution in [0, 0.1) is 0 Å². The number of nitrogens with one attached hydrogen (secondary N) is 1. The van der Waals surface area contributed by atoms with Crippen LogP contribution in [-0.4, -0.2) is 11.3 Å². The van der Waals surface area contributed by atoms with Gasteiger partial charge in [-0.05, 0) is 37.8 Å². The molecule has 0 unspecified atom stereocenters. The third-order valence-electron chi connectivity index (χ3n) is 4.45. The fraction of sp³-hybridized carbons (Fsp3) is 0.647. The van der Waals surface area contributed by atoms with Gasteiger partial charge in [0.1, 0.15) is 0 Å². The standard InChI is InChI=1S/C17H25NS/c1-2-8-14(9-3-1)18-16-12-6-7-13-17(16)19-15-10-4-5-11-15/h6-7,12-15,18H,1-5,8-11H2. The lowest BCUT2D eigenvalue weighted by molar-refractivity contribution is 0.462. The van der Waals surface area contributed by atoms with Crippen molar-refractivity contribution in [3.63, 3.8) is 0 Å². The van der Waals surface area contributed by atoms with Crippen molar-refractivity contribution in [1.82, 2.24) is 0 Å². The van der Waals surface area contributed by atoms with E-state index in [1.54, 1.807) is 0 Å². The molecule has 1 aromatic carbocycles. The van der Waals surface area contributed by atoms with Gasteiger partial charge in [0.25, 0.3) is 0 Å². The number of rotatable bonds is 4. The number of hydrogen-bond acceptors (Lipinski definition) is 2. The molecule has 0 atom stereocenters. The minimum Gasteiger partial charge on any atom is -0.381 e. The maximum absolute atomic E-state index is 3.80. The van der Waals surface area contributed by atoms with Gasteiger partial charge in [0.15, 0.2) is 0 Å². The summed E-state index contributed by atoms with van der Waals surface area (Å²) in [4.78, 5) is 1.47. The van der Waals surface area contributed by atoms with Crippen molar-refractivity contribution < 1.29 is 0 Å². The third kappa shape index (κ3) is 3.68. The average Bonchev–Trinajstić information content (AvgIpc) is 2.95. The van der Waals surface area contributed by atoms with Crippen LogP contribution in [0.2, 0.25) is 0 Å². The van der Waals surface area contributed by atoms with Crippen LogP contribution in [0.1, 0.15) is 57.8 Å². The second-order valence-electron chi connectivity index (χ2n) is 6.00. The average molecular weight is 275 g/mol. The Bertz CT molecular complexity index is 392. The number of hydrogen-bond donors (Lipinski definition) is 1. The summed E-state index contributed by atoms with van der Waals surface area (Å²) in [5, 5.41) is 4.66. The van der Waals surface area contributed by atoms with Gasteiger partial charge in [-0.1, -0.05) is 44.2 Å². The van der Waals surface area contributed by atoms with Crippen LogP contribution in [0.25, 0.3) is 0 Å². The van der Waals surface area contributed by atoms with Crippen LogP contribution in [0.15, 0.2) is 29.2 Å². The molecule has 104 valence electrons. The van der Waals surface area contributed by atoms with Crippen molar-refractivity contribution in [3.8, 4) is 0 Å².